The van der Waals surface area contributed by atoms with Crippen molar-refractivity contribution in [3.8, 4) is 5.75 Å². The molecule has 0 unspecified atom stereocenters. The smallest absolute Gasteiger partial charge is 0.338 e. The minimum Gasteiger partial charge on any atom is -0.490 e. The Labute approximate surface area is 133 Å². The molecule has 0 N–H and O–H groups in total. The second-order valence-corrected chi connectivity index (χ2v) is 7.36. The van der Waals surface area contributed by atoms with Gasteiger partial charge in [-0.3, -0.25) is 0 Å². The van der Waals surface area contributed by atoms with Crippen molar-refractivity contribution in [1.82, 2.24) is 0 Å². The molecule has 0 radical (unpaired) electrons. The maximum Gasteiger partial charge on any atom is 0.338 e. The molecule has 1 aromatic carbocycles. The third-order valence-electron chi connectivity index (χ3n) is 5.92. The molecule has 0 saturated heterocycles. The highest BCUT2D eigenvalue weighted by molar-refractivity contribution is 5.89. The monoisotopic (exact) mass is 302 g/mol. The molecule has 3 aliphatic carbocycles. The van der Waals surface area contributed by atoms with Crippen LogP contribution in [0.5, 0.6) is 5.75 Å². The van der Waals surface area contributed by atoms with Crippen LogP contribution in [0.2, 0.25) is 0 Å². The zero-order valence-corrected chi connectivity index (χ0v) is 14.0. The second-order valence-electron chi connectivity index (χ2n) is 7.36. The van der Waals surface area contributed by atoms with E-state index in [1.54, 1.807) is 12.1 Å². The van der Waals surface area contributed by atoms with Gasteiger partial charge in [-0.15, -0.1) is 0 Å². The number of benzene rings is 1. The number of rotatable bonds is 4. The maximum atomic E-state index is 11.8. The van der Waals surface area contributed by atoms with Gasteiger partial charge >= 0.3 is 5.97 Å². The molecule has 0 aliphatic heterocycles. The van der Waals surface area contributed by atoms with Gasteiger partial charge in [0, 0.05) is 0 Å². The Morgan fingerprint density at radius 3 is 2.73 bits per heavy atom. The van der Waals surface area contributed by atoms with Crippen molar-refractivity contribution < 1.29 is 14.3 Å². The fourth-order valence-corrected chi connectivity index (χ4v) is 4.34. The Morgan fingerprint density at radius 2 is 2.09 bits per heavy atom. The summed E-state index contributed by atoms with van der Waals surface area (Å²) in [6.45, 7) is 9.29. The van der Waals surface area contributed by atoms with Crippen molar-refractivity contribution >= 4 is 5.97 Å². The van der Waals surface area contributed by atoms with Gasteiger partial charge < -0.3 is 9.47 Å². The molecule has 4 atom stereocenters. The first-order chi connectivity index (χ1) is 10.4. The zero-order valence-electron chi connectivity index (χ0n) is 14.0. The van der Waals surface area contributed by atoms with Crippen LogP contribution in [0.1, 0.15) is 50.9 Å². The Bertz CT molecular complexity index is 564. The molecule has 120 valence electrons. The topological polar surface area (TPSA) is 35.5 Å². The molecule has 3 nitrogen and oxygen atoms in total. The van der Waals surface area contributed by atoms with E-state index >= 15 is 0 Å². The molecular weight excluding hydrogens is 276 g/mol. The SMILES string of the molecule is CCOC(=O)c1cccc(O[C@@H]2C[C@H]3C[C@@H]([C@@H]2C)C3(C)C)c1. The average molecular weight is 302 g/mol. The van der Waals surface area contributed by atoms with Gasteiger partial charge in [-0.2, -0.15) is 0 Å². The van der Waals surface area contributed by atoms with Gasteiger partial charge in [-0.05, 0) is 61.1 Å². The van der Waals surface area contributed by atoms with E-state index in [0.717, 1.165) is 24.0 Å². The fourth-order valence-electron chi connectivity index (χ4n) is 4.34. The lowest BCUT2D eigenvalue weighted by atomic mass is 9.45. The highest BCUT2D eigenvalue weighted by atomic mass is 16.5. The van der Waals surface area contributed by atoms with Crippen LogP contribution in [0.25, 0.3) is 0 Å². The minimum absolute atomic E-state index is 0.259. The first-order valence-electron chi connectivity index (χ1n) is 8.37. The Hall–Kier alpha value is -1.51. The lowest BCUT2D eigenvalue weighted by molar-refractivity contribution is -0.147. The van der Waals surface area contributed by atoms with Gasteiger partial charge in [-0.1, -0.05) is 26.8 Å². The van der Waals surface area contributed by atoms with Crippen LogP contribution < -0.4 is 4.74 Å². The molecule has 3 aliphatic rings. The predicted molar refractivity (Wildman–Crippen MR) is 86.0 cm³/mol. The summed E-state index contributed by atoms with van der Waals surface area (Å²) in [6.07, 6.45) is 2.72. The molecule has 0 amide bonds. The number of fused-ring (bicyclic) bond motifs is 2. The number of esters is 1. The number of hydrogen-bond donors (Lipinski definition) is 0. The molecule has 22 heavy (non-hydrogen) atoms. The molecule has 4 rings (SSSR count). The Kier molecular flexibility index (Phi) is 3.92. The number of hydrogen-bond acceptors (Lipinski definition) is 3. The van der Waals surface area contributed by atoms with E-state index in [0.29, 0.717) is 23.5 Å². The molecule has 0 spiro atoms. The van der Waals surface area contributed by atoms with Gasteiger partial charge in [0.05, 0.1) is 12.2 Å². The summed E-state index contributed by atoms with van der Waals surface area (Å²) in [4.78, 5) is 11.8. The van der Waals surface area contributed by atoms with Crippen molar-refractivity contribution in [2.24, 2.45) is 23.2 Å². The molecule has 2 bridgehead atoms. The zero-order chi connectivity index (χ0) is 15.9. The molecule has 3 fully saturated rings. The normalized spacial score (nSPS) is 32.0. The molecule has 3 heteroatoms. The summed E-state index contributed by atoms with van der Waals surface area (Å²) in [6, 6.07) is 7.37. The first-order valence-corrected chi connectivity index (χ1v) is 8.37. The third kappa shape index (κ3) is 2.51. The van der Waals surface area contributed by atoms with E-state index in [-0.39, 0.29) is 12.1 Å². The first kappa shape index (κ1) is 15.4. The number of ether oxygens (including phenoxy) is 2. The van der Waals surface area contributed by atoms with Crippen LogP contribution in [-0.2, 0) is 4.74 Å². The standard InChI is InChI=1S/C19H26O3/c1-5-21-18(20)13-7-6-8-15(9-13)22-17-11-14-10-16(12(17)2)19(14,3)4/h6-9,12,14,16-17H,5,10-11H2,1-4H3/t12-,14+,16-,17+/m0/s1. The summed E-state index contributed by atoms with van der Waals surface area (Å²) in [7, 11) is 0. The molecule has 1 aromatic rings. The van der Waals surface area contributed by atoms with Crippen molar-refractivity contribution in [1.29, 1.82) is 0 Å². The summed E-state index contributed by atoms with van der Waals surface area (Å²) in [5.74, 6) is 2.58. The van der Waals surface area contributed by atoms with Crippen molar-refractivity contribution in [2.45, 2.75) is 46.6 Å². The Morgan fingerprint density at radius 1 is 1.32 bits per heavy atom. The van der Waals surface area contributed by atoms with Gasteiger partial charge in [0.25, 0.3) is 0 Å². The average Bonchev–Trinajstić information content (AvgIpc) is 2.49. The van der Waals surface area contributed by atoms with Crippen LogP contribution in [0.15, 0.2) is 24.3 Å². The fraction of sp³-hybridized carbons (Fsp3) is 0.632. The maximum absolute atomic E-state index is 11.8. The van der Waals surface area contributed by atoms with Crippen LogP contribution in [0.4, 0.5) is 0 Å². The highest BCUT2D eigenvalue weighted by Gasteiger charge is 2.56. The van der Waals surface area contributed by atoms with Gasteiger partial charge in [0.15, 0.2) is 0 Å². The van der Waals surface area contributed by atoms with E-state index in [2.05, 4.69) is 20.8 Å². The van der Waals surface area contributed by atoms with Crippen LogP contribution >= 0.6 is 0 Å². The van der Waals surface area contributed by atoms with Gasteiger partial charge in [0.1, 0.15) is 11.9 Å². The third-order valence-corrected chi connectivity index (χ3v) is 5.92. The molecule has 0 heterocycles. The van der Waals surface area contributed by atoms with E-state index < -0.39 is 0 Å². The largest absolute Gasteiger partial charge is 0.490 e. The van der Waals surface area contributed by atoms with Crippen molar-refractivity contribution in [3.05, 3.63) is 29.8 Å². The summed E-state index contributed by atoms with van der Waals surface area (Å²) in [5, 5.41) is 0. The summed E-state index contributed by atoms with van der Waals surface area (Å²) >= 11 is 0. The number of carbonyl (C=O) groups is 1. The summed E-state index contributed by atoms with van der Waals surface area (Å²) in [5.41, 5.74) is 1.03. The van der Waals surface area contributed by atoms with E-state index in [1.165, 1.54) is 6.42 Å². The minimum atomic E-state index is -0.284. The van der Waals surface area contributed by atoms with E-state index in [1.807, 2.05) is 19.1 Å². The molecule has 3 saturated carbocycles. The molecule has 0 aromatic heterocycles. The van der Waals surface area contributed by atoms with Crippen molar-refractivity contribution in [2.75, 3.05) is 6.61 Å². The van der Waals surface area contributed by atoms with Crippen molar-refractivity contribution in [3.63, 3.8) is 0 Å². The van der Waals surface area contributed by atoms with E-state index in [4.69, 9.17) is 9.47 Å². The van der Waals surface area contributed by atoms with Crippen LogP contribution in [0.3, 0.4) is 0 Å². The van der Waals surface area contributed by atoms with Crippen LogP contribution in [0, 0.1) is 23.2 Å². The highest BCUT2D eigenvalue weighted by Crippen LogP contribution is 2.61. The molecular formula is C19H26O3. The van der Waals surface area contributed by atoms with Gasteiger partial charge in [-0.25, -0.2) is 4.79 Å². The van der Waals surface area contributed by atoms with Gasteiger partial charge in [0.2, 0.25) is 0 Å². The predicted octanol–water partition coefficient (Wildman–Crippen LogP) is 4.31. The quantitative estimate of drug-likeness (QED) is 0.777. The lowest BCUT2D eigenvalue weighted by Crippen LogP contribution is -2.57. The number of carbonyl (C=O) groups excluding carboxylic acids is 1. The second kappa shape index (κ2) is 5.60. The Balaban J connectivity index is 1.69. The van der Waals surface area contributed by atoms with E-state index in [9.17, 15) is 4.79 Å². The lowest BCUT2D eigenvalue weighted by Gasteiger charge is -2.61. The summed E-state index contributed by atoms with van der Waals surface area (Å²) < 4.78 is 11.3. The van der Waals surface area contributed by atoms with Crippen LogP contribution in [-0.4, -0.2) is 18.7 Å².